The Hall–Kier alpha value is -0.510. The van der Waals surface area contributed by atoms with Crippen LogP contribution in [0.1, 0.15) is 57.6 Å². The molecule has 1 aromatic carbocycles. The predicted molar refractivity (Wildman–Crippen MR) is 92.1 cm³/mol. The Morgan fingerprint density at radius 1 is 1.29 bits per heavy atom. The molecule has 0 spiro atoms. The maximum absolute atomic E-state index is 5.72. The van der Waals surface area contributed by atoms with Crippen molar-refractivity contribution in [2.75, 3.05) is 18.9 Å². The van der Waals surface area contributed by atoms with E-state index in [0.29, 0.717) is 12.1 Å². The van der Waals surface area contributed by atoms with Gasteiger partial charge < -0.3 is 10.1 Å². The van der Waals surface area contributed by atoms with E-state index in [1.165, 1.54) is 42.6 Å². The van der Waals surface area contributed by atoms with E-state index in [0.717, 1.165) is 18.9 Å². The second-order valence-corrected chi connectivity index (χ2v) is 7.02. The maximum atomic E-state index is 5.72. The lowest BCUT2D eigenvalue weighted by atomic mass is 9.99. The van der Waals surface area contributed by atoms with Gasteiger partial charge in [0.1, 0.15) is 0 Å². The molecule has 0 aromatic heterocycles. The number of rotatable bonds is 9. The van der Waals surface area contributed by atoms with Gasteiger partial charge in [-0.3, -0.25) is 0 Å². The lowest BCUT2D eigenvalue weighted by Crippen LogP contribution is -2.21. The predicted octanol–water partition coefficient (Wildman–Crippen LogP) is 4.80. The molecule has 1 aliphatic rings. The first-order valence-electron chi connectivity index (χ1n) is 8.41. The van der Waals surface area contributed by atoms with Crippen LogP contribution < -0.4 is 5.32 Å². The van der Waals surface area contributed by atoms with E-state index in [9.17, 15) is 0 Å². The lowest BCUT2D eigenvalue weighted by molar-refractivity contribution is 0.101. The van der Waals surface area contributed by atoms with Crippen molar-refractivity contribution in [2.24, 2.45) is 0 Å². The summed E-state index contributed by atoms with van der Waals surface area (Å²) in [6, 6.07) is 9.58. The molecule has 0 amide bonds. The third kappa shape index (κ3) is 5.65. The summed E-state index contributed by atoms with van der Waals surface area (Å²) in [4.78, 5) is 1.37. The minimum Gasteiger partial charge on any atom is -0.378 e. The normalized spacial score (nSPS) is 19.8. The highest BCUT2D eigenvalue weighted by molar-refractivity contribution is 7.99. The standard InChI is InChI=1S/C18H29NOS/c1-3-19-18(9-5-7-16-8-6-14-20-16)15-10-12-17(13-11-15)21-4-2/h10-13,16,18-19H,3-9,14H2,1-2H3. The summed E-state index contributed by atoms with van der Waals surface area (Å²) in [5, 5.41) is 3.63. The van der Waals surface area contributed by atoms with E-state index in [-0.39, 0.29) is 0 Å². The Balaban J connectivity index is 1.84. The molecule has 1 N–H and O–H groups in total. The van der Waals surface area contributed by atoms with E-state index >= 15 is 0 Å². The first-order chi connectivity index (χ1) is 10.3. The Morgan fingerprint density at radius 2 is 2.10 bits per heavy atom. The van der Waals surface area contributed by atoms with Gasteiger partial charge in [-0.25, -0.2) is 0 Å². The van der Waals surface area contributed by atoms with Gasteiger partial charge in [0.05, 0.1) is 6.10 Å². The maximum Gasteiger partial charge on any atom is 0.0576 e. The van der Waals surface area contributed by atoms with Gasteiger partial charge in [0.2, 0.25) is 0 Å². The van der Waals surface area contributed by atoms with Crippen LogP contribution >= 0.6 is 11.8 Å². The van der Waals surface area contributed by atoms with Crippen LogP contribution in [0.25, 0.3) is 0 Å². The van der Waals surface area contributed by atoms with E-state index in [4.69, 9.17) is 4.74 Å². The topological polar surface area (TPSA) is 21.3 Å². The Morgan fingerprint density at radius 3 is 2.71 bits per heavy atom. The highest BCUT2D eigenvalue weighted by Gasteiger charge is 2.16. The molecular weight excluding hydrogens is 278 g/mol. The first kappa shape index (κ1) is 16.9. The van der Waals surface area contributed by atoms with Gasteiger partial charge in [-0.1, -0.05) is 26.0 Å². The van der Waals surface area contributed by atoms with Gasteiger partial charge in [-0.15, -0.1) is 11.8 Å². The highest BCUT2D eigenvalue weighted by atomic mass is 32.2. The molecule has 1 heterocycles. The third-order valence-corrected chi connectivity index (χ3v) is 4.98. The van der Waals surface area contributed by atoms with Crippen molar-refractivity contribution in [2.45, 2.75) is 63.0 Å². The number of hydrogen-bond acceptors (Lipinski definition) is 3. The van der Waals surface area contributed by atoms with Gasteiger partial charge >= 0.3 is 0 Å². The second-order valence-electron chi connectivity index (χ2n) is 5.68. The average Bonchev–Trinajstić information content (AvgIpc) is 3.01. The molecule has 118 valence electrons. The zero-order valence-corrected chi connectivity index (χ0v) is 14.3. The van der Waals surface area contributed by atoms with Crippen LogP contribution in [0, 0.1) is 0 Å². The second kappa shape index (κ2) is 9.50. The van der Waals surface area contributed by atoms with Gasteiger partial charge in [-0.2, -0.15) is 0 Å². The Kier molecular flexibility index (Phi) is 7.62. The van der Waals surface area contributed by atoms with Gasteiger partial charge in [0.15, 0.2) is 0 Å². The van der Waals surface area contributed by atoms with Crippen molar-refractivity contribution in [3.63, 3.8) is 0 Å². The summed E-state index contributed by atoms with van der Waals surface area (Å²) < 4.78 is 5.72. The van der Waals surface area contributed by atoms with Crippen molar-refractivity contribution in [3.8, 4) is 0 Å². The zero-order valence-electron chi connectivity index (χ0n) is 13.4. The molecule has 21 heavy (non-hydrogen) atoms. The first-order valence-corrected chi connectivity index (χ1v) is 9.39. The van der Waals surface area contributed by atoms with Gasteiger partial charge in [-0.05, 0) is 62.1 Å². The monoisotopic (exact) mass is 307 g/mol. The number of hydrogen-bond donors (Lipinski definition) is 1. The van der Waals surface area contributed by atoms with E-state index in [2.05, 4.69) is 43.4 Å². The third-order valence-electron chi connectivity index (χ3n) is 4.09. The summed E-state index contributed by atoms with van der Waals surface area (Å²) in [6.45, 7) is 6.38. The molecule has 1 aliphatic heterocycles. The van der Waals surface area contributed by atoms with Crippen molar-refractivity contribution >= 4 is 11.8 Å². The summed E-state index contributed by atoms with van der Waals surface area (Å²) >= 11 is 1.91. The molecular formula is C18H29NOS. The summed E-state index contributed by atoms with van der Waals surface area (Å²) in [7, 11) is 0. The summed E-state index contributed by atoms with van der Waals surface area (Å²) in [5.41, 5.74) is 1.42. The molecule has 0 bridgehead atoms. The fourth-order valence-electron chi connectivity index (χ4n) is 3.02. The molecule has 2 rings (SSSR count). The van der Waals surface area contributed by atoms with Crippen LogP contribution in [0.4, 0.5) is 0 Å². The van der Waals surface area contributed by atoms with Gasteiger partial charge in [0.25, 0.3) is 0 Å². The molecule has 1 fully saturated rings. The van der Waals surface area contributed by atoms with Crippen LogP contribution in [0.15, 0.2) is 29.2 Å². The molecule has 0 radical (unpaired) electrons. The van der Waals surface area contributed by atoms with E-state index < -0.39 is 0 Å². The Bertz CT molecular complexity index is 387. The molecule has 2 atom stereocenters. The SMILES string of the molecule is CCNC(CCCC1CCCO1)c1ccc(SCC)cc1. The molecule has 0 saturated carbocycles. The van der Waals surface area contributed by atoms with Crippen molar-refractivity contribution in [1.29, 1.82) is 0 Å². The fourth-order valence-corrected chi connectivity index (χ4v) is 3.68. The van der Waals surface area contributed by atoms with E-state index in [1.807, 2.05) is 11.8 Å². The number of ether oxygens (including phenoxy) is 1. The number of nitrogens with one attached hydrogen (secondary N) is 1. The molecule has 3 heteroatoms. The largest absolute Gasteiger partial charge is 0.378 e. The molecule has 0 aliphatic carbocycles. The summed E-state index contributed by atoms with van der Waals surface area (Å²) in [6.07, 6.45) is 6.69. The molecule has 2 unspecified atom stereocenters. The lowest BCUT2D eigenvalue weighted by Gasteiger charge is -2.19. The van der Waals surface area contributed by atoms with E-state index in [1.54, 1.807) is 0 Å². The fraction of sp³-hybridized carbons (Fsp3) is 0.667. The van der Waals surface area contributed by atoms with Crippen LogP contribution in [0.2, 0.25) is 0 Å². The molecule has 1 aromatic rings. The van der Waals surface area contributed by atoms with Gasteiger partial charge in [0, 0.05) is 17.5 Å². The minimum atomic E-state index is 0.483. The van der Waals surface area contributed by atoms with Crippen LogP contribution in [-0.2, 0) is 4.74 Å². The summed E-state index contributed by atoms with van der Waals surface area (Å²) in [5.74, 6) is 1.14. The smallest absolute Gasteiger partial charge is 0.0576 e. The quantitative estimate of drug-likeness (QED) is 0.662. The average molecular weight is 308 g/mol. The minimum absolute atomic E-state index is 0.483. The zero-order chi connectivity index (χ0) is 14.9. The van der Waals surface area contributed by atoms with Crippen molar-refractivity contribution in [3.05, 3.63) is 29.8 Å². The Labute approximate surface area is 134 Å². The van der Waals surface area contributed by atoms with Crippen LogP contribution in [0.3, 0.4) is 0 Å². The van der Waals surface area contributed by atoms with Crippen LogP contribution in [0.5, 0.6) is 0 Å². The van der Waals surface area contributed by atoms with Crippen LogP contribution in [-0.4, -0.2) is 25.0 Å². The highest BCUT2D eigenvalue weighted by Crippen LogP contribution is 2.25. The molecule has 2 nitrogen and oxygen atoms in total. The van der Waals surface area contributed by atoms with Crippen molar-refractivity contribution < 1.29 is 4.74 Å². The number of thioether (sulfide) groups is 1. The number of benzene rings is 1. The molecule has 1 saturated heterocycles. The van der Waals surface area contributed by atoms with Crippen molar-refractivity contribution in [1.82, 2.24) is 5.32 Å².